The fourth-order valence-corrected chi connectivity index (χ4v) is 3.52. The van der Waals surface area contributed by atoms with Crippen LogP contribution in [0.15, 0.2) is 46.9 Å². The first-order valence-corrected chi connectivity index (χ1v) is 8.48. The largest absolute Gasteiger partial charge is 0.487 e. The van der Waals surface area contributed by atoms with Crippen LogP contribution in [0.25, 0.3) is 10.9 Å². The second kappa shape index (κ2) is 6.20. The van der Waals surface area contributed by atoms with Gasteiger partial charge in [-0.1, -0.05) is 50.1 Å². The molecule has 3 aromatic rings. The van der Waals surface area contributed by atoms with Crippen molar-refractivity contribution in [2.75, 3.05) is 0 Å². The van der Waals surface area contributed by atoms with Crippen LogP contribution in [0.4, 0.5) is 0 Å². The molecule has 0 unspecified atom stereocenters. The predicted molar refractivity (Wildman–Crippen MR) is 91.8 cm³/mol. The molecule has 0 saturated heterocycles. The zero-order chi connectivity index (χ0) is 14.8. The highest BCUT2D eigenvalue weighted by Gasteiger charge is 2.09. The van der Waals surface area contributed by atoms with Crippen LogP contribution in [-0.2, 0) is 19.0 Å². The number of benzene rings is 2. The minimum atomic E-state index is 0.463. The van der Waals surface area contributed by atoms with E-state index < -0.39 is 0 Å². The van der Waals surface area contributed by atoms with Gasteiger partial charge in [-0.3, -0.25) is 4.68 Å². The summed E-state index contributed by atoms with van der Waals surface area (Å²) >= 11 is 6.99. The molecule has 0 aliphatic heterocycles. The molecule has 0 N–H and O–H groups in total. The van der Waals surface area contributed by atoms with Gasteiger partial charge in [-0.05, 0) is 29.8 Å². The fourth-order valence-electron chi connectivity index (χ4n) is 2.29. The molecule has 0 atom stereocenters. The van der Waals surface area contributed by atoms with Crippen molar-refractivity contribution in [2.45, 2.75) is 11.9 Å². The average molecular weight is 410 g/mol. The number of alkyl halides is 1. The molecule has 21 heavy (non-hydrogen) atoms. The van der Waals surface area contributed by atoms with Crippen LogP contribution in [0, 0.1) is 0 Å². The maximum Gasteiger partial charge on any atom is 0.133 e. The number of rotatable bonds is 4. The van der Waals surface area contributed by atoms with Gasteiger partial charge in [-0.2, -0.15) is 5.10 Å². The molecule has 0 fully saturated rings. The van der Waals surface area contributed by atoms with Crippen molar-refractivity contribution in [1.82, 2.24) is 9.78 Å². The van der Waals surface area contributed by atoms with E-state index >= 15 is 0 Å². The summed E-state index contributed by atoms with van der Waals surface area (Å²) in [6.07, 6.45) is 0. The number of halogens is 2. The molecule has 0 saturated carbocycles. The lowest BCUT2D eigenvalue weighted by Gasteiger charge is -2.07. The smallest absolute Gasteiger partial charge is 0.133 e. The normalized spacial score (nSPS) is 11.0. The third-order valence-electron chi connectivity index (χ3n) is 3.37. The van der Waals surface area contributed by atoms with Gasteiger partial charge in [0.25, 0.3) is 0 Å². The molecular weight excluding hydrogens is 396 g/mol. The zero-order valence-electron chi connectivity index (χ0n) is 11.5. The number of hydrogen-bond acceptors (Lipinski definition) is 2. The number of aromatic nitrogens is 2. The molecule has 0 radical (unpaired) electrons. The van der Waals surface area contributed by atoms with E-state index in [1.807, 2.05) is 42.1 Å². The Bertz CT molecular complexity index is 783. The second-order valence-corrected chi connectivity index (χ2v) is 6.18. The zero-order valence-corrected chi connectivity index (χ0v) is 14.7. The van der Waals surface area contributed by atoms with Crippen molar-refractivity contribution in [2.24, 2.45) is 7.05 Å². The van der Waals surface area contributed by atoms with E-state index in [2.05, 4.69) is 49.1 Å². The first kappa shape index (κ1) is 14.6. The average Bonchev–Trinajstić information content (AvgIpc) is 2.83. The number of fused-ring (bicyclic) bond motifs is 1. The highest BCUT2D eigenvalue weighted by Crippen LogP contribution is 2.26. The van der Waals surface area contributed by atoms with Crippen molar-refractivity contribution >= 4 is 42.8 Å². The summed E-state index contributed by atoms with van der Waals surface area (Å²) in [5.74, 6) is 0.849. The van der Waals surface area contributed by atoms with Crippen molar-refractivity contribution in [3.8, 4) is 5.75 Å². The first-order valence-electron chi connectivity index (χ1n) is 6.57. The van der Waals surface area contributed by atoms with Crippen molar-refractivity contribution in [3.05, 3.63) is 58.2 Å². The van der Waals surface area contributed by atoms with Crippen LogP contribution in [0.1, 0.15) is 11.3 Å². The highest BCUT2D eigenvalue weighted by atomic mass is 79.9. The summed E-state index contributed by atoms with van der Waals surface area (Å²) < 4.78 is 8.86. The number of hydrogen-bond donors (Lipinski definition) is 0. The number of para-hydroxylation sites is 1. The van der Waals surface area contributed by atoms with E-state index in [0.29, 0.717) is 6.61 Å². The summed E-state index contributed by atoms with van der Waals surface area (Å²) in [7, 11) is 1.95. The molecule has 5 heteroatoms. The fraction of sp³-hybridized carbons (Fsp3) is 0.188. The SMILES string of the molecule is Cn1nc(COc2ccc(Br)c(CBr)c2)c2ccccc21. The Morgan fingerprint density at radius 3 is 2.81 bits per heavy atom. The molecule has 1 aromatic heterocycles. The number of aryl methyl sites for hydroxylation is 1. The number of ether oxygens (including phenoxy) is 1. The van der Waals surface area contributed by atoms with Crippen molar-refractivity contribution < 1.29 is 4.74 Å². The van der Waals surface area contributed by atoms with Gasteiger partial charge in [-0.15, -0.1) is 0 Å². The van der Waals surface area contributed by atoms with Crippen molar-refractivity contribution in [3.63, 3.8) is 0 Å². The third-order valence-corrected chi connectivity index (χ3v) is 4.75. The van der Waals surface area contributed by atoms with Crippen molar-refractivity contribution in [1.29, 1.82) is 0 Å². The monoisotopic (exact) mass is 408 g/mol. The summed E-state index contributed by atoms with van der Waals surface area (Å²) in [5.41, 5.74) is 3.24. The van der Waals surface area contributed by atoms with Gasteiger partial charge in [0.15, 0.2) is 0 Å². The number of nitrogens with zero attached hydrogens (tertiary/aromatic N) is 2. The van der Waals surface area contributed by atoms with E-state index in [4.69, 9.17) is 4.74 Å². The third kappa shape index (κ3) is 2.99. The van der Waals surface area contributed by atoms with E-state index in [9.17, 15) is 0 Å². The van der Waals surface area contributed by atoms with Crippen LogP contribution in [0.5, 0.6) is 5.75 Å². The molecular formula is C16H14Br2N2O. The molecule has 1 heterocycles. The van der Waals surface area contributed by atoms with Gasteiger partial charge in [0.05, 0.1) is 5.52 Å². The highest BCUT2D eigenvalue weighted by molar-refractivity contribution is 9.10. The molecule has 0 aliphatic carbocycles. The standard InChI is InChI=1S/C16H14Br2N2O/c1-20-16-5-3-2-4-13(16)15(19-20)10-21-12-6-7-14(18)11(8-12)9-17/h2-8H,9-10H2,1H3. The minimum absolute atomic E-state index is 0.463. The molecule has 3 nitrogen and oxygen atoms in total. The van der Waals surface area contributed by atoms with Gasteiger partial charge in [0, 0.05) is 22.2 Å². The maximum atomic E-state index is 5.89. The summed E-state index contributed by atoms with van der Waals surface area (Å²) in [4.78, 5) is 0. The minimum Gasteiger partial charge on any atom is -0.487 e. The lowest BCUT2D eigenvalue weighted by molar-refractivity contribution is 0.301. The quantitative estimate of drug-likeness (QED) is 0.578. The summed E-state index contributed by atoms with van der Waals surface area (Å²) in [5, 5.41) is 6.46. The Kier molecular flexibility index (Phi) is 4.31. The maximum absolute atomic E-state index is 5.89. The van der Waals surface area contributed by atoms with E-state index in [1.165, 1.54) is 5.56 Å². The van der Waals surface area contributed by atoms with E-state index in [1.54, 1.807) is 0 Å². The molecule has 108 valence electrons. The topological polar surface area (TPSA) is 27.1 Å². The van der Waals surface area contributed by atoms with Crippen LogP contribution in [-0.4, -0.2) is 9.78 Å². The Morgan fingerprint density at radius 2 is 2.00 bits per heavy atom. The summed E-state index contributed by atoms with van der Waals surface area (Å²) in [6, 6.07) is 14.2. The summed E-state index contributed by atoms with van der Waals surface area (Å²) in [6.45, 7) is 0.463. The lowest BCUT2D eigenvalue weighted by Crippen LogP contribution is -1.98. The Hall–Kier alpha value is -1.33. The van der Waals surface area contributed by atoms with Gasteiger partial charge in [-0.25, -0.2) is 0 Å². The van der Waals surface area contributed by atoms with Gasteiger partial charge in [0.2, 0.25) is 0 Å². The predicted octanol–water partition coefficient (Wildman–Crippen LogP) is 4.81. The molecule has 0 aliphatic rings. The molecule has 0 bridgehead atoms. The molecule has 3 rings (SSSR count). The van der Waals surface area contributed by atoms with Crippen LogP contribution in [0.2, 0.25) is 0 Å². The Morgan fingerprint density at radius 1 is 1.19 bits per heavy atom. The van der Waals surface area contributed by atoms with Gasteiger partial charge in [0.1, 0.15) is 18.1 Å². The van der Waals surface area contributed by atoms with Crippen LogP contribution >= 0.6 is 31.9 Å². The lowest BCUT2D eigenvalue weighted by atomic mass is 10.2. The second-order valence-electron chi connectivity index (χ2n) is 4.76. The van der Waals surface area contributed by atoms with Gasteiger partial charge < -0.3 is 4.74 Å². The van der Waals surface area contributed by atoms with E-state index in [-0.39, 0.29) is 0 Å². The van der Waals surface area contributed by atoms with E-state index in [0.717, 1.165) is 32.1 Å². The van der Waals surface area contributed by atoms with Crippen LogP contribution < -0.4 is 4.74 Å². The molecule has 2 aromatic carbocycles. The Balaban J connectivity index is 1.83. The first-order chi connectivity index (χ1) is 10.2. The van der Waals surface area contributed by atoms with Crippen LogP contribution in [0.3, 0.4) is 0 Å². The van der Waals surface area contributed by atoms with Gasteiger partial charge >= 0.3 is 0 Å². The Labute approximate surface area is 140 Å². The molecule has 0 amide bonds. The molecule has 0 spiro atoms.